The lowest BCUT2D eigenvalue weighted by atomic mass is 10.1. The minimum absolute atomic E-state index is 0.141. The van der Waals surface area contributed by atoms with Crippen molar-refractivity contribution in [3.05, 3.63) is 23.8 Å². The van der Waals surface area contributed by atoms with Crippen LogP contribution in [0, 0.1) is 0 Å². The van der Waals surface area contributed by atoms with Crippen LogP contribution in [0.15, 0.2) is 23.1 Å². The summed E-state index contributed by atoms with van der Waals surface area (Å²) in [6, 6.07) is 6.33. The van der Waals surface area contributed by atoms with Crippen LogP contribution in [-0.4, -0.2) is 22.1 Å². The number of fused-ring (bicyclic) bond motifs is 1. The molecule has 20 heavy (non-hydrogen) atoms. The van der Waals surface area contributed by atoms with E-state index in [1.54, 1.807) is 0 Å². The normalized spacial score (nSPS) is 22.4. The summed E-state index contributed by atoms with van der Waals surface area (Å²) in [7, 11) is -0.934. The van der Waals surface area contributed by atoms with Crippen LogP contribution in [-0.2, 0) is 17.3 Å². The van der Waals surface area contributed by atoms with Gasteiger partial charge in [-0.3, -0.25) is 4.21 Å². The van der Waals surface area contributed by atoms with Crippen LogP contribution in [0.5, 0.6) is 5.75 Å². The molecule has 2 unspecified atom stereocenters. The van der Waals surface area contributed by atoms with Gasteiger partial charge in [-0.1, -0.05) is 25.8 Å². The van der Waals surface area contributed by atoms with Gasteiger partial charge in [-0.15, -0.1) is 0 Å². The lowest BCUT2D eigenvalue weighted by Gasteiger charge is -2.13. The molecule has 1 aromatic rings. The second-order valence-corrected chi connectivity index (χ2v) is 7.13. The number of benzene rings is 1. The Morgan fingerprint density at radius 2 is 2.25 bits per heavy atom. The SMILES string of the molecule is CCCCC1CS(=O)c2cc(OC(C)C)ccc2CN1. The molecule has 2 rings (SSSR count). The largest absolute Gasteiger partial charge is 0.491 e. The van der Waals surface area contributed by atoms with Crippen molar-refractivity contribution in [3.63, 3.8) is 0 Å². The number of hydrogen-bond donors (Lipinski definition) is 1. The van der Waals surface area contributed by atoms with Gasteiger partial charge in [0.2, 0.25) is 0 Å². The van der Waals surface area contributed by atoms with E-state index in [9.17, 15) is 4.21 Å². The van der Waals surface area contributed by atoms with Crippen molar-refractivity contribution in [1.29, 1.82) is 0 Å². The lowest BCUT2D eigenvalue weighted by Crippen LogP contribution is -2.31. The van der Waals surface area contributed by atoms with Gasteiger partial charge >= 0.3 is 0 Å². The third-order valence-electron chi connectivity index (χ3n) is 3.50. The molecule has 1 heterocycles. The van der Waals surface area contributed by atoms with Gasteiger partial charge in [-0.25, -0.2) is 0 Å². The predicted molar refractivity (Wildman–Crippen MR) is 83.6 cm³/mol. The lowest BCUT2D eigenvalue weighted by molar-refractivity contribution is 0.241. The average Bonchev–Trinajstić information content (AvgIpc) is 2.56. The van der Waals surface area contributed by atoms with Crippen LogP contribution >= 0.6 is 0 Å². The van der Waals surface area contributed by atoms with E-state index in [1.807, 2.05) is 32.0 Å². The molecule has 0 aromatic heterocycles. The molecule has 1 aliphatic rings. The Balaban J connectivity index is 2.14. The topological polar surface area (TPSA) is 38.3 Å². The number of unbranched alkanes of at least 4 members (excludes halogenated alkanes) is 1. The monoisotopic (exact) mass is 295 g/mol. The summed E-state index contributed by atoms with van der Waals surface area (Å²) in [6.45, 7) is 7.01. The number of rotatable bonds is 5. The Bertz CT molecular complexity index is 474. The van der Waals surface area contributed by atoms with E-state index in [4.69, 9.17) is 4.74 Å². The van der Waals surface area contributed by atoms with Gasteiger partial charge in [-0.05, 0) is 38.0 Å². The molecular weight excluding hydrogens is 270 g/mol. The Labute approximate surface area is 124 Å². The van der Waals surface area contributed by atoms with Crippen LogP contribution in [0.2, 0.25) is 0 Å². The zero-order valence-electron chi connectivity index (χ0n) is 12.6. The first-order chi connectivity index (χ1) is 9.60. The second-order valence-electron chi connectivity index (χ2n) is 5.67. The summed E-state index contributed by atoms with van der Waals surface area (Å²) in [5, 5.41) is 3.53. The maximum Gasteiger partial charge on any atom is 0.120 e. The molecule has 1 aliphatic heterocycles. The van der Waals surface area contributed by atoms with Crippen LogP contribution in [0.3, 0.4) is 0 Å². The minimum Gasteiger partial charge on any atom is -0.491 e. The number of ether oxygens (including phenoxy) is 1. The molecule has 0 saturated carbocycles. The van der Waals surface area contributed by atoms with E-state index in [2.05, 4.69) is 12.2 Å². The maximum atomic E-state index is 12.5. The molecule has 0 radical (unpaired) electrons. The second kappa shape index (κ2) is 7.23. The van der Waals surface area contributed by atoms with Crippen molar-refractivity contribution < 1.29 is 8.95 Å². The van der Waals surface area contributed by atoms with E-state index in [1.165, 1.54) is 12.8 Å². The number of hydrogen-bond acceptors (Lipinski definition) is 3. The molecule has 3 nitrogen and oxygen atoms in total. The summed E-state index contributed by atoms with van der Waals surface area (Å²) < 4.78 is 18.2. The van der Waals surface area contributed by atoms with E-state index in [0.29, 0.717) is 11.8 Å². The molecule has 0 saturated heterocycles. The molecule has 1 N–H and O–H groups in total. The highest BCUT2D eigenvalue weighted by molar-refractivity contribution is 7.85. The zero-order chi connectivity index (χ0) is 14.5. The van der Waals surface area contributed by atoms with E-state index >= 15 is 0 Å². The van der Waals surface area contributed by atoms with Gasteiger partial charge in [0.25, 0.3) is 0 Å². The Morgan fingerprint density at radius 1 is 1.45 bits per heavy atom. The van der Waals surface area contributed by atoms with Crippen molar-refractivity contribution in [3.8, 4) is 5.75 Å². The van der Waals surface area contributed by atoms with Gasteiger partial charge in [0.1, 0.15) is 5.75 Å². The predicted octanol–water partition coefficient (Wildman–Crippen LogP) is 3.24. The fraction of sp³-hybridized carbons (Fsp3) is 0.625. The van der Waals surface area contributed by atoms with Gasteiger partial charge < -0.3 is 10.1 Å². The molecule has 0 fully saturated rings. The summed E-state index contributed by atoms with van der Waals surface area (Å²) in [5.74, 6) is 1.53. The van der Waals surface area contributed by atoms with Gasteiger partial charge in [0.15, 0.2) is 0 Å². The van der Waals surface area contributed by atoms with E-state index < -0.39 is 10.8 Å². The molecule has 0 spiro atoms. The molecule has 0 amide bonds. The molecule has 4 heteroatoms. The Kier molecular flexibility index (Phi) is 5.61. The molecule has 0 bridgehead atoms. The molecular formula is C16H25NO2S. The Morgan fingerprint density at radius 3 is 2.95 bits per heavy atom. The highest BCUT2D eigenvalue weighted by atomic mass is 32.2. The van der Waals surface area contributed by atoms with Gasteiger partial charge in [-0.2, -0.15) is 0 Å². The molecule has 1 aromatic carbocycles. The summed E-state index contributed by atoms with van der Waals surface area (Å²) >= 11 is 0. The van der Waals surface area contributed by atoms with Gasteiger partial charge in [0.05, 0.1) is 16.9 Å². The highest BCUT2D eigenvalue weighted by Gasteiger charge is 2.21. The van der Waals surface area contributed by atoms with Crippen molar-refractivity contribution >= 4 is 10.8 Å². The quantitative estimate of drug-likeness (QED) is 0.906. The maximum absolute atomic E-state index is 12.5. The van der Waals surface area contributed by atoms with Crippen molar-refractivity contribution in [2.75, 3.05) is 5.75 Å². The third kappa shape index (κ3) is 4.06. The molecule has 0 aliphatic carbocycles. The summed E-state index contributed by atoms with van der Waals surface area (Å²) in [6.07, 6.45) is 3.62. The Hall–Kier alpha value is -0.870. The fourth-order valence-corrected chi connectivity index (χ4v) is 3.97. The zero-order valence-corrected chi connectivity index (χ0v) is 13.5. The van der Waals surface area contributed by atoms with Crippen LogP contribution in [0.4, 0.5) is 0 Å². The van der Waals surface area contributed by atoms with Crippen molar-refractivity contribution in [2.24, 2.45) is 0 Å². The van der Waals surface area contributed by atoms with E-state index in [0.717, 1.165) is 29.2 Å². The first-order valence-corrected chi connectivity index (χ1v) is 8.83. The molecule has 112 valence electrons. The van der Waals surface area contributed by atoms with E-state index in [-0.39, 0.29) is 6.10 Å². The first kappa shape index (κ1) is 15.5. The van der Waals surface area contributed by atoms with Crippen LogP contribution < -0.4 is 10.1 Å². The minimum atomic E-state index is -0.934. The van der Waals surface area contributed by atoms with Gasteiger partial charge in [0, 0.05) is 23.2 Å². The van der Waals surface area contributed by atoms with Crippen molar-refractivity contribution in [2.45, 2.75) is 63.6 Å². The number of nitrogens with one attached hydrogen (secondary N) is 1. The first-order valence-electron chi connectivity index (χ1n) is 7.51. The van der Waals surface area contributed by atoms with Crippen LogP contribution in [0.1, 0.15) is 45.6 Å². The third-order valence-corrected chi connectivity index (χ3v) is 5.07. The van der Waals surface area contributed by atoms with Crippen LogP contribution in [0.25, 0.3) is 0 Å². The summed E-state index contributed by atoms with van der Waals surface area (Å²) in [4.78, 5) is 0.939. The summed E-state index contributed by atoms with van der Waals surface area (Å²) in [5.41, 5.74) is 1.14. The fourth-order valence-electron chi connectivity index (χ4n) is 2.46. The average molecular weight is 295 g/mol. The van der Waals surface area contributed by atoms with Crippen molar-refractivity contribution in [1.82, 2.24) is 5.32 Å². The molecule has 2 atom stereocenters. The standard InChI is InChI=1S/C16H25NO2S/c1-4-5-6-14-11-20(18)16-9-15(19-12(2)3)8-7-13(16)10-17-14/h7-9,12,14,17H,4-6,10-11H2,1-3H3. The smallest absolute Gasteiger partial charge is 0.120 e. The highest BCUT2D eigenvalue weighted by Crippen LogP contribution is 2.25.